The van der Waals surface area contributed by atoms with Gasteiger partial charge in [-0.25, -0.2) is 0 Å². The third-order valence-electron chi connectivity index (χ3n) is 5.58. The topological polar surface area (TPSA) is 34.5 Å². The molecule has 1 fully saturated rings. The Labute approximate surface area is 166 Å². The Morgan fingerprint density at radius 1 is 1.00 bits per heavy atom. The largest absolute Gasteiger partial charge is 0.497 e. The Morgan fingerprint density at radius 3 is 2.39 bits per heavy atom. The molecule has 3 aromatic rings. The lowest BCUT2D eigenvalue weighted by atomic mass is 9.90. The van der Waals surface area contributed by atoms with Crippen LogP contribution in [0.4, 0.5) is 0 Å². The maximum Gasteiger partial charge on any atom is 0.253 e. The lowest BCUT2D eigenvalue weighted by Gasteiger charge is -2.32. The molecule has 4 rings (SSSR count). The first-order valence-corrected chi connectivity index (χ1v) is 9.88. The molecule has 4 nitrogen and oxygen atoms in total. The van der Waals surface area contributed by atoms with E-state index in [9.17, 15) is 4.79 Å². The number of amides is 1. The highest BCUT2D eigenvalue weighted by Crippen LogP contribution is 2.24. The number of benzene rings is 2. The molecule has 28 heavy (non-hydrogen) atoms. The third kappa shape index (κ3) is 4.11. The number of methoxy groups -OCH3 is 1. The highest BCUT2D eigenvalue weighted by atomic mass is 16.5. The van der Waals surface area contributed by atoms with Gasteiger partial charge in [0.05, 0.1) is 7.11 Å². The van der Waals surface area contributed by atoms with Crippen LogP contribution in [0, 0.1) is 5.92 Å². The van der Waals surface area contributed by atoms with Crippen molar-refractivity contribution in [3.05, 3.63) is 84.2 Å². The Hall–Kier alpha value is -3.01. The number of aromatic nitrogens is 1. The molecule has 1 aliphatic heterocycles. The van der Waals surface area contributed by atoms with Crippen molar-refractivity contribution < 1.29 is 9.53 Å². The van der Waals surface area contributed by atoms with Gasteiger partial charge in [0.15, 0.2) is 0 Å². The molecule has 2 aromatic carbocycles. The SMILES string of the molecule is COc1ccc(CC2CCN(C(=O)c3cccc(-n4cccc4)c3)CC2)cc1. The van der Waals surface area contributed by atoms with Crippen molar-refractivity contribution in [2.75, 3.05) is 20.2 Å². The van der Waals surface area contributed by atoms with Gasteiger partial charge in [0.25, 0.3) is 5.91 Å². The van der Waals surface area contributed by atoms with Crippen molar-refractivity contribution in [3.63, 3.8) is 0 Å². The molecular formula is C24H26N2O2. The minimum atomic E-state index is 0.136. The summed E-state index contributed by atoms with van der Waals surface area (Å²) in [5, 5.41) is 0. The van der Waals surface area contributed by atoms with Crippen LogP contribution in [0.5, 0.6) is 5.75 Å². The van der Waals surface area contributed by atoms with Gasteiger partial charge in [-0.15, -0.1) is 0 Å². The first kappa shape index (κ1) is 18.4. The summed E-state index contributed by atoms with van der Waals surface area (Å²) in [4.78, 5) is 15.0. The molecule has 0 bridgehead atoms. The molecule has 1 saturated heterocycles. The number of nitrogens with zero attached hydrogens (tertiary/aromatic N) is 2. The Morgan fingerprint density at radius 2 is 1.71 bits per heavy atom. The molecule has 1 aromatic heterocycles. The number of ether oxygens (including phenoxy) is 1. The van der Waals surface area contributed by atoms with Crippen molar-refractivity contribution in [1.82, 2.24) is 9.47 Å². The van der Waals surface area contributed by atoms with Gasteiger partial charge >= 0.3 is 0 Å². The normalized spacial score (nSPS) is 14.8. The average molecular weight is 374 g/mol. The highest BCUT2D eigenvalue weighted by molar-refractivity contribution is 5.94. The van der Waals surface area contributed by atoms with Gasteiger partial charge in [-0.2, -0.15) is 0 Å². The second-order valence-corrected chi connectivity index (χ2v) is 7.43. The van der Waals surface area contributed by atoms with Crippen LogP contribution in [0.2, 0.25) is 0 Å². The molecular weight excluding hydrogens is 348 g/mol. The lowest BCUT2D eigenvalue weighted by molar-refractivity contribution is 0.0690. The summed E-state index contributed by atoms with van der Waals surface area (Å²) in [6, 6.07) is 20.2. The Balaban J connectivity index is 1.35. The van der Waals surface area contributed by atoms with E-state index in [2.05, 4.69) is 12.1 Å². The van der Waals surface area contributed by atoms with Crippen LogP contribution in [-0.4, -0.2) is 35.6 Å². The lowest BCUT2D eigenvalue weighted by Crippen LogP contribution is -2.38. The third-order valence-corrected chi connectivity index (χ3v) is 5.58. The quantitative estimate of drug-likeness (QED) is 0.655. The van der Waals surface area contributed by atoms with Gasteiger partial charge in [-0.05, 0) is 73.2 Å². The molecule has 0 radical (unpaired) electrons. The molecule has 0 unspecified atom stereocenters. The first-order valence-electron chi connectivity index (χ1n) is 9.88. The van der Waals surface area contributed by atoms with E-state index in [1.165, 1.54) is 5.56 Å². The monoisotopic (exact) mass is 374 g/mol. The zero-order valence-corrected chi connectivity index (χ0v) is 16.3. The number of likely N-dealkylation sites (tertiary alicyclic amines) is 1. The summed E-state index contributed by atoms with van der Waals surface area (Å²) in [7, 11) is 1.69. The van der Waals surface area contributed by atoms with Gasteiger partial charge < -0.3 is 14.2 Å². The zero-order valence-electron chi connectivity index (χ0n) is 16.3. The molecule has 144 valence electrons. The van der Waals surface area contributed by atoms with Crippen molar-refractivity contribution in [2.24, 2.45) is 5.92 Å². The van der Waals surface area contributed by atoms with Crippen molar-refractivity contribution in [3.8, 4) is 11.4 Å². The van der Waals surface area contributed by atoms with E-state index >= 15 is 0 Å². The van der Waals surface area contributed by atoms with Gasteiger partial charge in [0.2, 0.25) is 0 Å². The number of hydrogen-bond donors (Lipinski definition) is 0. The zero-order chi connectivity index (χ0) is 19.3. The van der Waals surface area contributed by atoms with Crippen molar-refractivity contribution in [2.45, 2.75) is 19.3 Å². The highest BCUT2D eigenvalue weighted by Gasteiger charge is 2.24. The summed E-state index contributed by atoms with van der Waals surface area (Å²) in [5.41, 5.74) is 3.12. The van der Waals surface area contributed by atoms with E-state index in [4.69, 9.17) is 4.74 Å². The van der Waals surface area contributed by atoms with E-state index in [1.807, 2.05) is 70.4 Å². The number of piperidine rings is 1. The van der Waals surface area contributed by atoms with Gasteiger partial charge in [0.1, 0.15) is 5.75 Å². The number of carbonyl (C=O) groups is 1. The minimum Gasteiger partial charge on any atom is -0.497 e. The number of carbonyl (C=O) groups excluding carboxylic acids is 1. The van der Waals surface area contributed by atoms with Crippen LogP contribution >= 0.6 is 0 Å². The molecule has 0 saturated carbocycles. The fourth-order valence-corrected chi connectivity index (χ4v) is 3.92. The van der Waals surface area contributed by atoms with Crippen LogP contribution in [0.1, 0.15) is 28.8 Å². The van der Waals surface area contributed by atoms with Crippen LogP contribution < -0.4 is 4.74 Å². The van der Waals surface area contributed by atoms with Crippen LogP contribution in [0.15, 0.2) is 73.1 Å². The molecule has 4 heteroatoms. The maximum absolute atomic E-state index is 13.0. The second-order valence-electron chi connectivity index (χ2n) is 7.43. The summed E-state index contributed by atoms with van der Waals surface area (Å²) in [5.74, 6) is 1.66. The maximum atomic E-state index is 13.0. The van der Waals surface area contributed by atoms with Crippen molar-refractivity contribution >= 4 is 5.91 Å². The van der Waals surface area contributed by atoms with E-state index in [1.54, 1.807) is 7.11 Å². The molecule has 1 aliphatic rings. The Kier molecular flexibility index (Phi) is 5.47. The summed E-state index contributed by atoms with van der Waals surface area (Å²) in [6.45, 7) is 1.65. The predicted octanol–water partition coefficient (Wildman–Crippen LogP) is 4.58. The van der Waals surface area contributed by atoms with Crippen LogP contribution in [-0.2, 0) is 6.42 Å². The fourth-order valence-electron chi connectivity index (χ4n) is 3.92. The summed E-state index contributed by atoms with van der Waals surface area (Å²) < 4.78 is 7.25. The van der Waals surface area contributed by atoms with E-state index in [0.717, 1.165) is 49.4 Å². The minimum absolute atomic E-state index is 0.136. The number of hydrogen-bond acceptors (Lipinski definition) is 2. The van der Waals surface area contributed by atoms with Gasteiger partial charge in [0, 0.05) is 36.7 Å². The molecule has 0 aliphatic carbocycles. The number of rotatable bonds is 5. The fraction of sp³-hybridized carbons (Fsp3) is 0.292. The molecule has 0 spiro atoms. The molecule has 0 atom stereocenters. The summed E-state index contributed by atoms with van der Waals surface area (Å²) >= 11 is 0. The van der Waals surface area contributed by atoms with Gasteiger partial charge in [-0.3, -0.25) is 4.79 Å². The second kappa shape index (κ2) is 8.34. The van der Waals surface area contributed by atoms with E-state index in [0.29, 0.717) is 5.92 Å². The van der Waals surface area contributed by atoms with Crippen molar-refractivity contribution in [1.29, 1.82) is 0 Å². The smallest absolute Gasteiger partial charge is 0.253 e. The molecule has 1 amide bonds. The molecule has 2 heterocycles. The average Bonchev–Trinajstić information content (AvgIpc) is 3.29. The van der Waals surface area contributed by atoms with E-state index in [-0.39, 0.29) is 5.91 Å². The first-order chi connectivity index (χ1) is 13.7. The Bertz CT molecular complexity index is 908. The van der Waals surface area contributed by atoms with Crippen LogP contribution in [0.3, 0.4) is 0 Å². The predicted molar refractivity (Wildman–Crippen MR) is 111 cm³/mol. The standard InChI is InChI=1S/C24H26N2O2/c1-28-23-9-7-19(8-10-23)17-20-11-15-26(16-12-20)24(27)21-5-4-6-22(18-21)25-13-2-3-14-25/h2-10,13-14,18,20H,11-12,15-17H2,1H3. The van der Waals surface area contributed by atoms with Crippen LogP contribution in [0.25, 0.3) is 5.69 Å². The van der Waals surface area contributed by atoms with Gasteiger partial charge in [-0.1, -0.05) is 18.2 Å². The summed E-state index contributed by atoms with van der Waals surface area (Å²) in [6.07, 6.45) is 7.15. The van der Waals surface area contributed by atoms with E-state index < -0.39 is 0 Å². The molecule has 0 N–H and O–H groups in total.